The van der Waals surface area contributed by atoms with E-state index in [0.717, 1.165) is 15.7 Å². The third-order valence-electron chi connectivity index (χ3n) is 2.18. The molecule has 0 saturated heterocycles. The van der Waals surface area contributed by atoms with Gasteiger partial charge >= 0.3 is 0 Å². The van der Waals surface area contributed by atoms with E-state index in [1.165, 1.54) is 0 Å². The maximum Gasteiger partial charge on any atom is 0.113 e. The van der Waals surface area contributed by atoms with E-state index in [-0.39, 0.29) is 0 Å². The Balaban J connectivity index is 2.33. The Morgan fingerprint density at radius 2 is 1.87 bits per heavy atom. The molecule has 0 bridgehead atoms. The lowest BCUT2D eigenvalue weighted by atomic mass is 10.2. The Morgan fingerprint density at radius 1 is 1.20 bits per heavy atom. The van der Waals surface area contributed by atoms with Crippen LogP contribution in [0.1, 0.15) is 19.9 Å². The van der Waals surface area contributed by atoms with Gasteiger partial charge in [-0.1, -0.05) is 33.3 Å². The molecule has 2 aromatic rings. The van der Waals surface area contributed by atoms with Crippen LogP contribution >= 0.6 is 15.9 Å². The smallest absolute Gasteiger partial charge is 0.113 e. The minimum atomic E-state index is 0.349. The maximum absolute atomic E-state index is 4.14. The van der Waals surface area contributed by atoms with Crippen LogP contribution in [0, 0.1) is 0 Å². The van der Waals surface area contributed by atoms with Crippen LogP contribution in [0.5, 0.6) is 0 Å². The quantitative estimate of drug-likeness (QED) is 0.835. The second-order valence-corrected chi connectivity index (χ2v) is 4.60. The summed E-state index contributed by atoms with van der Waals surface area (Å²) in [4.78, 5) is 0. The zero-order valence-corrected chi connectivity index (χ0v) is 10.3. The van der Waals surface area contributed by atoms with Gasteiger partial charge in [0.05, 0.1) is 6.20 Å². The minimum absolute atomic E-state index is 0.349. The van der Waals surface area contributed by atoms with E-state index < -0.39 is 0 Å². The van der Waals surface area contributed by atoms with Gasteiger partial charge in [-0.3, -0.25) is 0 Å². The second-order valence-electron chi connectivity index (χ2n) is 3.68. The molecule has 1 aromatic carbocycles. The Kier molecular flexibility index (Phi) is 2.86. The summed E-state index contributed by atoms with van der Waals surface area (Å²) in [5.41, 5.74) is 2.00. The summed E-state index contributed by atoms with van der Waals surface area (Å²) in [6, 6.07) is 8.41. The first-order chi connectivity index (χ1) is 7.16. The summed E-state index contributed by atoms with van der Waals surface area (Å²) >= 11 is 3.41. The van der Waals surface area contributed by atoms with Gasteiger partial charge in [0.15, 0.2) is 0 Å². The van der Waals surface area contributed by atoms with Gasteiger partial charge in [0, 0.05) is 16.1 Å². The van der Waals surface area contributed by atoms with Crippen LogP contribution in [0.4, 0.5) is 0 Å². The average molecular weight is 266 g/mol. The first-order valence-corrected chi connectivity index (χ1v) is 5.64. The lowest BCUT2D eigenvalue weighted by molar-refractivity contribution is 0.514. The van der Waals surface area contributed by atoms with Crippen LogP contribution in [0.25, 0.3) is 11.3 Å². The number of benzene rings is 1. The molecule has 1 heterocycles. The first kappa shape index (κ1) is 10.4. The molecule has 3 nitrogen and oxygen atoms in total. The van der Waals surface area contributed by atoms with E-state index in [4.69, 9.17) is 0 Å². The van der Waals surface area contributed by atoms with Crippen molar-refractivity contribution in [3.8, 4) is 11.3 Å². The number of hydrogen-bond acceptors (Lipinski definition) is 2. The van der Waals surface area contributed by atoms with Crippen molar-refractivity contribution in [1.82, 2.24) is 15.0 Å². The van der Waals surface area contributed by atoms with Crippen molar-refractivity contribution >= 4 is 15.9 Å². The topological polar surface area (TPSA) is 30.7 Å². The standard InChI is InChI=1S/C11H12BrN3/c1-8(2)15-7-11(13-14-15)9-3-5-10(12)6-4-9/h3-8H,1-2H3. The summed E-state index contributed by atoms with van der Waals surface area (Å²) in [6.07, 6.45) is 1.97. The molecule has 0 saturated carbocycles. The number of hydrogen-bond donors (Lipinski definition) is 0. The van der Waals surface area contributed by atoms with Crippen molar-refractivity contribution in [1.29, 1.82) is 0 Å². The highest BCUT2D eigenvalue weighted by Gasteiger charge is 2.05. The summed E-state index contributed by atoms with van der Waals surface area (Å²) in [5, 5.41) is 8.20. The largest absolute Gasteiger partial charge is 0.249 e. The molecular formula is C11H12BrN3. The molecule has 0 spiro atoms. The molecule has 4 heteroatoms. The lowest BCUT2D eigenvalue weighted by Gasteiger charge is -2.01. The Hall–Kier alpha value is -1.16. The van der Waals surface area contributed by atoms with Crippen LogP contribution in [0.15, 0.2) is 34.9 Å². The van der Waals surface area contributed by atoms with Gasteiger partial charge in [0.2, 0.25) is 0 Å². The average Bonchev–Trinajstić information content (AvgIpc) is 2.68. The molecule has 0 aliphatic carbocycles. The van der Waals surface area contributed by atoms with Crippen LogP contribution in [0.2, 0.25) is 0 Å². The fourth-order valence-electron chi connectivity index (χ4n) is 1.28. The van der Waals surface area contributed by atoms with Gasteiger partial charge in [-0.15, -0.1) is 5.10 Å². The summed E-state index contributed by atoms with van der Waals surface area (Å²) in [6.45, 7) is 4.17. The SMILES string of the molecule is CC(C)n1cc(-c2ccc(Br)cc2)nn1. The molecule has 0 unspecified atom stereocenters. The van der Waals surface area contributed by atoms with Crippen LogP contribution in [-0.2, 0) is 0 Å². The highest BCUT2D eigenvalue weighted by Crippen LogP contribution is 2.19. The van der Waals surface area contributed by atoms with E-state index >= 15 is 0 Å². The zero-order valence-electron chi connectivity index (χ0n) is 8.68. The molecule has 1 aromatic heterocycles. The van der Waals surface area contributed by atoms with Gasteiger partial charge in [-0.25, -0.2) is 4.68 Å². The highest BCUT2D eigenvalue weighted by molar-refractivity contribution is 9.10. The van der Waals surface area contributed by atoms with Crippen molar-refractivity contribution in [2.75, 3.05) is 0 Å². The van der Waals surface area contributed by atoms with E-state index in [9.17, 15) is 0 Å². The molecule has 0 radical (unpaired) electrons. The molecule has 0 amide bonds. The molecule has 15 heavy (non-hydrogen) atoms. The van der Waals surface area contributed by atoms with Crippen molar-refractivity contribution < 1.29 is 0 Å². The highest BCUT2D eigenvalue weighted by atomic mass is 79.9. The van der Waals surface area contributed by atoms with E-state index in [1.807, 2.05) is 35.1 Å². The van der Waals surface area contributed by atoms with Crippen molar-refractivity contribution in [3.05, 3.63) is 34.9 Å². The number of halogens is 1. The Labute approximate surface area is 97.2 Å². The van der Waals surface area contributed by atoms with Gasteiger partial charge in [-0.2, -0.15) is 0 Å². The van der Waals surface area contributed by atoms with Gasteiger partial charge in [-0.05, 0) is 26.0 Å². The predicted molar refractivity (Wildman–Crippen MR) is 63.5 cm³/mol. The van der Waals surface area contributed by atoms with E-state index in [0.29, 0.717) is 6.04 Å². The minimum Gasteiger partial charge on any atom is -0.249 e. The zero-order chi connectivity index (χ0) is 10.8. The Morgan fingerprint density at radius 3 is 2.40 bits per heavy atom. The van der Waals surface area contributed by atoms with Gasteiger partial charge in [0.1, 0.15) is 5.69 Å². The summed E-state index contributed by atoms with van der Waals surface area (Å²) < 4.78 is 2.93. The number of rotatable bonds is 2. The molecule has 2 rings (SSSR count). The van der Waals surface area contributed by atoms with E-state index in [2.05, 4.69) is 40.1 Å². The van der Waals surface area contributed by atoms with Gasteiger partial charge in [0.25, 0.3) is 0 Å². The van der Waals surface area contributed by atoms with Crippen molar-refractivity contribution in [2.24, 2.45) is 0 Å². The lowest BCUT2D eigenvalue weighted by Crippen LogP contribution is -2.00. The van der Waals surface area contributed by atoms with Crippen molar-refractivity contribution in [2.45, 2.75) is 19.9 Å². The third-order valence-corrected chi connectivity index (χ3v) is 2.71. The predicted octanol–water partition coefficient (Wildman–Crippen LogP) is 3.29. The van der Waals surface area contributed by atoms with Crippen molar-refractivity contribution in [3.63, 3.8) is 0 Å². The second kappa shape index (κ2) is 4.14. The number of aromatic nitrogens is 3. The maximum atomic E-state index is 4.14. The van der Waals surface area contributed by atoms with E-state index in [1.54, 1.807) is 0 Å². The van der Waals surface area contributed by atoms with Crippen LogP contribution < -0.4 is 0 Å². The summed E-state index contributed by atoms with van der Waals surface area (Å²) in [7, 11) is 0. The third kappa shape index (κ3) is 2.26. The van der Waals surface area contributed by atoms with Gasteiger partial charge < -0.3 is 0 Å². The van der Waals surface area contributed by atoms with Crippen LogP contribution in [-0.4, -0.2) is 15.0 Å². The molecular weight excluding hydrogens is 254 g/mol. The molecule has 78 valence electrons. The molecule has 0 N–H and O–H groups in total. The molecule has 0 aliphatic heterocycles. The monoisotopic (exact) mass is 265 g/mol. The normalized spacial score (nSPS) is 10.9. The number of nitrogens with zero attached hydrogens (tertiary/aromatic N) is 3. The summed E-state index contributed by atoms with van der Waals surface area (Å²) in [5.74, 6) is 0. The molecule has 0 fully saturated rings. The fraction of sp³-hybridized carbons (Fsp3) is 0.273. The molecule has 0 atom stereocenters. The Bertz CT molecular complexity index is 445. The fourth-order valence-corrected chi connectivity index (χ4v) is 1.55. The molecule has 0 aliphatic rings. The van der Waals surface area contributed by atoms with Crippen LogP contribution in [0.3, 0.4) is 0 Å². The first-order valence-electron chi connectivity index (χ1n) is 4.84.